The molecule has 1 atom stereocenters. The van der Waals surface area contributed by atoms with Crippen LogP contribution in [0.3, 0.4) is 0 Å². The van der Waals surface area contributed by atoms with Crippen LogP contribution in [0.2, 0.25) is 4.34 Å². The first-order valence-corrected chi connectivity index (χ1v) is 8.13. The number of hydrogen-bond acceptors (Lipinski definition) is 4. The van der Waals surface area contributed by atoms with Gasteiger partial charge in [-0.15, -0.1) is 11.3 Å². The van der Waals surface area contributed by atoms with E-state index in [4.69, 9.17) is 16.3 Å². The average molecular weight is 331 g/mol. The van der Waals surface area contributed by atoms with Crippen LogP contribution in [0.15, 0.2) is 23.6 Å². The van der Waals surface area contributed by atoms with Gasteiger partial charge in [-0.25, -0.2) is 4.79 Å². The van der Waals surface area contributed by atoms with Crippen molar-refractivity contribution in [1.82, 2.24) is 10.6 Å². The Morgan fingerprint density at radius 3 is 2.67 bits per heavy atom. The Morgan fingerprint density at radius 1 is 1.43 bits per heavy atom. The molecule has 0 spiro atoms. The Labute approximate surface area is 135 Å². The van der Waals surface area contributed by atoms with Crippen molar-refractivity contribution in [3.05, 3.63) is 33.5 Å². The molecule has 1 aromatic rings. The van der Waals surface area contributed by atoms with Crippen LogP contribution in [0.5, 0.6) is 0 Å². The number of nitrogens with one attached hydrogen (secondary N) is 2. The molecule has 21 heavy (non-hydrogen) atoms. The third-order valence-corrected chi connectivity index (χ3v) is 3.67. The van der Waals surface area contributed by atoms with Crippen LogP contribution < -0.4 is 10.6 Å². The second-order valence-electron chi connectivity index (χ2n) is 5.67. The highest BCUT2D eigenvalue weighted by atomic mass is 35.5. The molecule has 0 saturated carbocycles. The molecule has 1 amide bonds. The van der Waals surface area contributed by atoms with Crippen molar-refractivity contribution in [3.8, 4) is 0 Å². The van der Waals surface area contributed by atoms with Gasteiger partial charge in [-0.3, -0.25) is 0 Å². The summed E-state index contributed by atoms with van der Waals surface area (Å²) in [7, 11) is 0. The zero-order valence-corrected chi connectivity index (χ0v) is 14.5. The van der Waals surface area contributed by atoms with Gasteiger partial charge >= 0.3 is 6.09 Å². The maximum atomic E-state index is 11.4. The van der Waals surface area contributed by atoms with E-state index in [0.717, 1.165) is 10.9 Å². The molecule has 0 aliphatic carbocycles. The van der Waals surface area contributed by atoms with Gasteiger partial charge in [0.05, 0.1) is 4.34 Å². The fraction of sp³-hybridized carbons (Fsp3) is 0.533. The van der Waals surface area contributed by atoms with Gasteiger partial charge in [0.25, 0.3) is 0 Å². The lowest BCUT2D eigenvalue weighted by Gasteiger charge is -2.19. The first-order valence-electron chi connectivity index (χ1n) is 6.87. The summed E-state index contributed by atoms with van der Waals surface area (Å²) in [5.41, 5.74) is 0.720. The smallest absolute Gasteiger partial charge is 0.407 e. The van der Waals surface area contributed by atoms with E-state index in [1.54, 1.807) is 0 Å². The molecule has 1 heterocycles. The lowest BCUT2D eigenvalue weighted by atomic mass is 10.2. The van der Waals surface area contributed by atoms with E-state index < -0.39 is 11.7 Å². The summed E-state index contributed by atoms with van der Waals surface area (Å²) in [4.78, 5) is 11.4. The molecule has 0 aromatic carbocycles. The molecular weight excluding hydrogens is 308 g/mol. The minimum atomic E-state index is -0.466. The Morgan fingerprint density at radius 2 is 2.10 bits per heavy atom. The molecule has 0 radical (unpaired) electrons. The maximum Gasteiger partial charge on any atom is 0.407 e. The van der Waals surface area contributed by atoms with Crippen LogP contribution in [0.1, 0.15) is 39.3 Å². The molecule has 1 aromatic heterocycles. The van der Waals surface area contributed by atoms with Crippen molar-refractivity contribution in [2.45, 2.75) is 39.3 Å². The van der Waals surface area contributed by atoms with Crippen LogP contribution >= 0.6 is 22.9 Å². The number of hydrogen-bond donors (Lipinski definition) is 2. The molecule has 0 saturated heterocycles. The highest BCUT2D eigenvalue weighted by Gasteiger charge is 2.14. The van der Waals surface area contributed by atoms with Gasteiger partial charge in [0.1, 0.15) is 5.60 Å². The fourth-order valence-electron chi connectivity index (χ4n) is 1.54. The molecular formula is C15H23ClN2O2S. The monoisotopic (exact) mass is 330 g/mol. The number of ether oxygens (including phenoxy) is 1. The van der Waals surface area contributed by atoms with Crippen molar-refractivity contribution in [2.75, 3.05) is 13.1 Å². The van der Waals surface area contributed by atoms with Gasteiger partial charge in [0.2, 0.25) is 0 Å². The van der Waals surface area contributed by atoms with Gasteiger partial charge in [-0.2, -0.15) is 0 Å². The highest BCUT2D eigenvalue weighted by molar-refractivity contribution is 7.14. The zero-order chi connectivity index (χ0) is 15.9. The Balaban J connectivity index is 2.16. The predicted octanol–water partition coefficient (Wildman–Crippen LogP) is 4.13. The van der Waals surface area contributed by atoms with Crippen LogP contribution in [0.4, 0.5) is 4.79 Å². The van der Waals surface area contributed by atoms with Gasteiger partial charge in [0.15, 0.2) is 0 Å². The maximum absolute atomic E-state index is 11.4. The number of amides is 1. The van der Waals surface area contributed by atoms with Crippen LogP contribution in [0.25, 0.3) is 0 Å². The van der Waals surface area contributed by atoms with E-state index in [0.29, 0.717) is 6.54 Å². The fourth-order valence-corrected chi connectivity index (χ4v) is 2.52. The van der Waals surface area contributed by atoms with E-state index >= 15 is 0 Å². The Bertz CT molecular complexity index is 480. The highest BCUT2D eigenvalue weighted by Crippen LogP contribution is 2.24. The van der Waals surface area contributed by atoms with E-state index in [2.05, 4.69) is 17.6 Å². The molecule has 0 aliphatic heterocycles. The van der Waals surface area contributed by atoms with Gasteiger partial charge in [-0.1, -0.05) is 23.8 Å². The van der Waals surface area contributed by atoms with Crippen molar-refractivity contribution >= 4 is 29.0 Å². The third kappa shape index (κ3) is 8.09. The predicted molar refractivity (Wildman–Crippen MR) is 89.1 cm³/mol. The molecule has 2 N–H and O–H groups in total. The molecule has 1 rings (SSSR count). The van der Waals surface area contributed by atoms with E-state index in [9.17, 15) is 4.79 Å². The number of alkyl carbamates (subject to hydrolysis) is 1. The number of rotatable bonds is 6. The molecule has 6 heteroatoms. The summed E-state index contributed by atoms with van der Waals surface area (Å²) < 4.78 is 5.93. The number of thiophene rings is 1. The Kier molecular flexibility index (Phi) is 7.22. The van der Waals surface area contributed by atoms with Crippen molar-refractivity contribution in [1.29, 1.82) is 0 Å². The molecule has 1 unspecified atom stereocenters. The lowest BCUT2D eigenvalue weighted by molar-refractivity contribution is 0.0534. The Hall–Kier alpha value is -1.04. The third-order valence-electron chi connectivity index (χ3n) is 2.56. The molecule has 0 bridgehead atoms. The van der Waals surface area contributed by atoms with Gasteiger partial charge in [0, 0.05) is 19.1 Å². The van der Waals surface area contributed by atoms with E-state index in [1.807, 2.05) is 44.4 Å². The second-order valence-corrected chi connectivity index (χ2v) is 7.21. The van der Waals surface area contributed by atoms with Crippen molar-refractivity contribution < 1.29 is 9.53 Å². The lowest BCUT2D eigenvalue weighted by Crippen LogP contribution is -2.32. The van der Waals surface area contributed by atoms with Gasteiger partial charge < -0.3 is 15.4 Å². The largest absolute Gasteiger partial charge is 0.444 e. The summed E-state index contributed by atoms with van der Waals surface area (Å²) >= 11 is 7.44. The summed E-state index contributed by atoms with van der Waals surface area (Å²) in [6.45, 7) is 8.78. The van der Waals surface area contributed by atoms with Crippen LogP contribution in [-0.4, -0.2) is 24.8 Å². The normalized spacial score (nSPS) is 13.4. The van der Waals surface area contributed by atoms with Crippen LogP contribution in [-0.2, 0) is 4.74 Å². The molecule has 118 valence electrons. The van der Waals surface area contributed by atoms with Crippen molar-refractivity contribution in [2.24, 2.45) is 0 Å². The van der Waals surface area contributed by atoms with Crippen molar-refractivity contribution in [3.63, 3.8) is 0 Å². The molecule has 4 nitrogen and oxygen atoms in total. The number of halogens is 1. The first-order chi connectivity index (χ1) is 9.78. The minimum absolute atomic E-state index is 0.247. The second kappa shape index (κ2) is 8.41. The quantitative estimate of drug-likeness (QED) is 0.771. The molecule has 0 aliphatic rings. The number of carbonyl (C=O) groups is 1. The van der Waals surface area contributed by atoms with Crippen LogP contribution in [0, 0.1) is 0 Å². The summed E-state index contributed by atoms with van der Waals surface area (Å²) in [6, 6.07) is 2.22. The topological polar surface area (TPSA) is 50.4 Å². The standard InChI is InChI=1S/C15H23ClN2O2S/c1-11(12-9-13(16)21-10-12)17-7-5-6-8-18-14(19)20-15(2,3)4/h5-6,9-11,17H,7-8H2,1-4H3,(H,18,19)/b6-5+. The summed E-state index contributed by atoms with van der Waals surface area (Å²) in [5.74, 6) is 0. The first kappa shape index (κ1) is 18.0. The summed E-state index contributed by atoms with van der Waals surface area (Å²) in [5, 5.41) is 8.08. The minimum Gasteiger partial charge on any atom is -0.444 e. The number of carbonyl (C=O) groups excluding carboxylic acids is 1. The van der Waals surface area contributed by atoms with E-state index in [-0.39, 0.29) is 6.04 Å². The SMILES string of the molecule is CC(NC/C=C/CNC(=O)OC(C)(C)C)c1csc(Cl)c1. The van der Waals surface area contributed by atoms with E-state index in [1.165, 1.54) is 16.9 Å². The zero-order valence-electron chi connectivity index (χ0n) is 12.9. The molecule has 0 fully saturated rings. The average Bonchev–Trinajstić information content (AvgIpc) is 2.78. The van der Waals surface area contributed by atoms with Gasteiger partial charge in [-0.05, 0) is 44.7 Å². The summed E-state index contributed by atoms with van der Waals surface area (Å²) in [6.07, 6.45) is 3.47.